The first-order valence-electron chi connectivity index (χ1n) is 11.8. The van der Waals surface area contributed by atoms with E-state index in [1.54, 1.807) is 48.5 Å². The van der Waals surface area contributed by atoms with E-state index in [0.29, 0.717) is 54.2 Å². The Morgan fingerprint density at radius 1 is 0.917 bits per heavy atom. The smallest absolute Gasteiger partial charge is 0.320 e. The number of benzene rings is 3. The fourth-order valence-corrected chi connectivity index (χ4v) is 4.72. The van der Waals surface area contributed by atoms with Crippen molar-refractivity contribution in [3.05, 3.63) is 72.8 Å². The van der Waals surface area contributed by atoms with Crippen molar-refractivity contribution in [1.82, 2.24) is 14.5 Å². The topological polar surface area (TPSA) is 76.2 Å². The van der Waals surface area contributed by atoms with E-state index in [2.05, 4.69) is 20.2 Å². The van der Waals surface area contributed by atoms with Gasteiger partial charge in [0, 0.05) is 30.3 Å². The number of nitrogens with zero attached hydrogens (tertiary/aromatic N) is 4. The molecular weight excluding hydrogens is 464 g/mol. The fraction of sp³-hybridized carbons (Fsp3) is 0.222. The number of hydrogen-bond acceptors (Lipinski definition) is 5. The number of carbonyl (C=O) groups excluding carboxylic acids is 1. The van der Waals surface area contributed by atoms with Crippen LogP contribution < -0.4 is 10.2 Å². The van der Waals surface area contributed by atoms with Gasteiger partial charge in [0.05, 0.1) is 11.0 Å². The number of amides is 1. The molecule has 5 aromatic rings. The van der Waals surface area contributed by atoms with E-state index in [9.17, 15) is 13.6 Å². The van der Waals surface area contributed by atoms with Gasteiger partial charge in [-0.2, -0.15) is 13.8 Å². The average molecular weight is 488 g/mol. The highest BCUT2D eigenvalue weighted by molar-refractivity contribution is 5.93. The number of para-hydroxylation sites is 4. The first kappa shape index (κ1) is 22.2. The van der Waals surface area contributed by atoms with Crippen LogP contribution in [0.2, 0.25) is 0 Å². The molecule has 1 saturated heterocycles. The summed E-state index contributed by atoms with van der Waals surface area (Å²) in [5, 5.41) is 2.96. The van der Waals surface area contributed by atoms with Gasteiger partial charge in [0.25, 0.3) is 6.01 Å². The predicted octanol–water partition coefficient (Wildman–Crippen LogP) is 6.09. The number of oxazole rings is 1. The highest BCUT2D eigenvalue weighted by Crippen LogP contribution is 2.31. The van der Waals surface area contributed by atoms with Crippen LogP contribution in [0.4, 0.5) is 20.5 Å². The minimum atomic E-state index is -2.72. The number of halogens is 2. The van der Waals surface area contributed by atoms with E-state index >= 15 is 0 Å². The number of anilines is 2. The highest BCUT2D eigenvalue weighted by Gasteiger charge is 2.27. The molecule has 36 heavy (non-hydrogen) atoms. The summed E-state index contributed by atoms with van der Waals surface area (Å²) in [7, 11) is 0. The van der Waals surface area contributed by atoms with Crippen LogP contribution in [0, 0.1) is 5.92 Å². The van der Waals surface area contributed by atoms with Crippen molar-refractivity contribution in [2.24, 2.45) is 5.92 Å². The average Bonchev–Trinajstić information content (AvgIpc) is 3.51. The summed E-state index contributed by atoms with van der Waals surface area (Å²) in [6, 6.07) is 21.9. The molecule has 3 aromatic carbocycles. The van der Waals surface area contributed by atoms with Gasteiger partial charge in [-0.3, -0.25) is 9.36 Å². The summed E-state index contributed by atoms with van der Waals surface area (Å²) in [5.41, 5.74) is 3.62. The van der Waals surface area contributed by atoms with Gasteiger partial charge in [-0.25, -0.2) is 4.98 Å². The van der Waals surface area contributed by atoms with Crippen molar-refractivity contribution in [2.45, 2.75) is 19.4 Å². The van der Waals surface area contributed by atoms with Gasteiger partial charge in [0.15, 0.2) is 5.58 Å². The van der Waals surface area contributed by atoms with Crippen LogP contribution in [0.3, 0.4) is 0 Å². The molecule has 0 atom stereocenters. The van der Waals surface area contributed by atoms with Crippen LogP contribution in [-0.2, 0) is 4.79 Å². The Hall–Kier alpha value is -4.27. The van der Waals surface area contributed by atoms with Crippen molar-refractivity contribution >= 4 is 39.7 Å². The molecule has 0 bridgehead atoms. The van der Waals surface area contributed by atoms with Gasteiger partial charge in [-0.1, -0.05) is 24.3 Å². The molecular formula is C27H23F2N5O2. The van der Waals surface area contributed by atoms with Gasteiger partial charge < -0.3 is 14.6 Å². The Bertz CT molecular complexity index is 1500. The molecule has 2 aromatic heterocycles. The molecule has 6 rings (SSSR count). The number of carbonyl (C=O) groups is 1. The van der Waals surface area contributed by atoms with Crippen LogP contribution in [0.15, 0.2) is 77.2 Å². The Balaban J connectivity index is 1.11. The molecule has 0 aliphatic carbocycles. The lowest BCUT2D eigenvalue weighted by molar-refractivity contribution is -0.120. The third kappa shape index (κ3) is 4.06. The number of imidazole rings is 1. The van der Waals surface area contributed by atoms with E-state index in [1.807, 2.05) is 24.3 Å². The zero-order valence-electron chi connectivity index (χ0n) is 19.3. The van der Waals surface area contributed by atoms with Crippen LogP contribution in [-0.4, -0.2) is 33.5 Å². The third-order valence-electron chi connectivity index (χ3n) is 6.62. The summed E-state index contributed by atoms with van der Waals surface area (Å²) in [5.74, 6) is 0.00349. The van der Waals surface area contributed by atoms with Crippen molar-refractivity contribution in [1.29, 1.82) is 0 Å². The minimum absolute atomic E-state index is 0.0558. The maximum Gasteiger partial charge on any atom is 0.320 e. The van der Waals surface area contributed by atoms with Crippen LogP contribution in [0.25, 0.3) is 33.5 Å². The predicted molar refractivity (Wildman–Crippen MR) is 134 cm³/mol. The number of aromatic nitrogens is 3. The zero-order valence-corrected chi connectivity index (χ0v) is 19.3. The first-order valence-corrected chi connectivity index (χ1v) is 11.8. The summed E-state index contributed by atoms with van der Waals surface area (Å²) in [6.07, 6.45) is 1.36. The third-order valence-corrected chi connectivity index (χ3v) is 6.62. The number of hydrogen-bond donors (Lipinski definition) is 1. The summed E-state index contributed by atoms with van der Waals surface area (Å²) >= 11 is 0. The van der Waals surface area contributed by atoms with Crippen LogP contribution in [0.1, 0.15) is 19.4 Å². The Kier molecular flexibility index (Phi) is 5.59. The van der Waals surface area contributed by atoms with Crippen molar-refractivity contribution < 1.29 is 18.0 Å². The van der Waals surface area contributed by atoms with Crippen LogP contribution >= 0.6 is 0 Å². The molecule has 0 unspecified atom stereocenters. The quantitative estimate of drug-likeness (QED) is 0.324. The van der Waals surface area contributed by atoms with Gasteiger partial charge >= 0.3 is 6.55 Å². The molecule has 9 heteroatoms. The monoisotopic (exact) mass is 487 g/mol. The van der Waals surface area contributed by atoms with E-state index in [4.69, 9.17) is 4.42 Å². The summed E-state index contributed by atoms with van der Waals surface area (Å²) < 4.78 is 34.3. The summed E-state index contributed by atoms with van der Waals surface area (Å²) in [6.45, 7) is -1.37. The van der Waals surface area contributed by atoms with E-state index < -0.39 is 6.55 Å². The molecule has 0 saturated carbocycles. The number of alkyl halides is 2. The number of nitrogens with one attached hydrogen (secondary N) is 1. The van der Waals surface area contributed by atoms with Crippen molar-refractivity contribution in [3.8, 4) is 11.4 Å². The molecule has 1 aliphatic heterocycles. The molecule has 1 aliphatic rings. The standard InChI is InChI=1S/C27H23F2N5O2/c28-26(29)34-22-7-3-1-5-20(22)31-24(34)17-9-11-19(12-10-17)30-25(35)18-13-15-33(16-14-18)27-32-21-6-2-4-8-23(21)36-27/h1-12,18,26H,13-16H2,(H,30,35). The van der Waals surface area contributed by atoms with Gasteiger partial charge in [-0.15, -0.1) is 0 Å². The van der Waals surface area contributed by atoms with E-state index in [1.165, 1.54) is 0 Å². The van der Waals surface area contributed by atoms with Crippen molar-refractivity contribution in [2.75, 3.05) is 23.3 Å². The second-order valence-electron chi connectivity index (χ2n) is 8.86. The van der Waals surface area contributed by atoms with Gasteiger partial charge in [-0.05, 0) is 61.4 Å². The Morgan fingerprint density at radius 2 is 1.61 bits per heavy atom. The normalized spacial score (nSPS) is 14.7. The SMILES string of the molecule is O=C(Nc1ccc(-c2nc3ccccc3n2C(F)F)cc1)C1CCN(c2nc3ccccc3o2)CC1. The molecule has 1 N–H and O–H groups in total. The maximum atomic E-state index is 13.8. The molecule has 3 heterocycles. The molecule has 1 amide bonds. The minimum Gasteiger partial charge on any atom is -0.423 e. The lowest BCUT2D eigenvalue weighted by atomic mass is 9.96. The number of fused-ring (bicyclic) bond motifs is 2. The second-order valence-corrected chi connectivity index (χ2v) is 8.86. The zero-order chi connectivity index (χ0) is 24.6. The second kappa shape index (κ2) is 9.07. The Labute approximate surface area is 205 Å². The molecule has 0 spiro atoms. The van der Waals surface area contributed by atoms with E-state index in [-0.39, 0.29) is 17.6 Å². The first-order chi connectivity index (χ1) is 17.6. The number of rotatable bonds is 5. The lowest BCUT2D eigenvalue weighted by Crippen LogP contribution is -2.38. The van der Waals surface area contributed by atoms with Crippen molar-refractivity contribution in [3.63, 3.8) is 0 Å². The largest absolute Gasteiger partial charge is 0.423 e. The maximum absolute atomic E-state index is 13.8. The lowest BCUT2D eigenvalue weighted by Gasteiger charge is -2.30. The van der Waals surface area contributed by atoms with Gasteiger partial charge in [0.1, 0.15) is 11.3 Å². The van der Waals surface area contributed by atoms with E-state index in [0.717, 1.165) is 15.7 Å². The molecule has 1 fully saturated rings. The molecule has 182 valence electrons. The van der Waals surface area contributed by atoms with Crippen LogP contribution in [0.5, 0.6) is 0 Å². The number of piperidine rings is 1. The molecule has 7 nitrogen and oxygen atoms in total. The molecule has 0 radical (unpaired) electrons. The highest BCUT2D eigenvalue weighted by atomic mass is 19.3. The summed E-state index contributed by atoms with van der Waals surface area (Å²) in [4.78, 5) is 23.9. The Morgan fingerprint density at radius 3 is 2.33 bits per heavy atom. The fourth-order valence-electron chi connectivity index (χ4n) is 4.72. The van der Waals surface area contributed by atoms with Gasteiger partial charge in [0.2, 0.25) is 5.91 Å².